The zero-order valence-corrected chi connectivity index (χ0v) is 14.7. The number of carbonyl (C=O) groups is 2. The van der Waals surface area contributed by atoms with Crippen LogP contribution in [0.1, 0.15) is 31.8 Å². The Balaban J connectivity index is 1.64. The fourth-order valence-electron chi connectivity index (χ4n) is 2.77. The Kier molecular flexibility index (Phi) is 5.13. The van der Waals surface area contributed by atoms with E-state index >= 15 is 0 Å². The van der Waals surface area contributed by atoms with Crippen molar-refractivity contribution in [2.75, 3.05) is 0 Å². The standard InChI is InChI=1S/C22H20N2O2/c1-15-8-13-20(16(2)14-15)22(26)24-23-21(25)19-11-9-18(10-12-19)17-6-4-3-5-7-17/h3-14H,1-2H3,(H,23,25)(H,24,26). The molecule has 0 aromatic heterocycles. The zero-order valence-electron chi connectivity index (χ0n) is 14.7. The third kappa shape index (κ3) is 3.98. The van der Waals surface area contributed by atoms with Crippen molar-refractivity contribution in [1.82, 2.24) is 10.9 Å². The molecule has 0 aliphatic rings. The van der Waals surface area contributed by atoms with Crippen LogP contribution in [0.3, 0.4) is 0 Å². The molecule has 3 aromatic carbocycles. The smallest absolute Gasteiger partial charge is 0.267 e. The van der Waals surface area contributed by atoms with Crippen LogP contribution < -0.4 is 10.9 Å². The maximum absolute atomic E-state index is 12.2. The predicted octanol–water partition coefficient (Wildman–Crippen LogP) is 4.05. The van der Waals surface area contributed by atoms with Crippen LogP contribution in [0.5, 0.6) is 0 Å². The first-order valence-electron chi connectivity index (χ1n) is 8.38. The average molecular weight is 344 g/mol. The Morgan fingerprint density at radius 1 is 0.692 bits per heavy atom. The summed E-state index contributed by atoms with van der Waals surface area (Å²) >= 11 is 0. The summed E-state index contributed by atoms with van der Waals surface area (Å²) in [6.07, 6.45) is 0. The lowest BCUT2D eigenvalue weighted by atomic mass is 10.0. The molecular formula is C22H20N2O2. The Hall–Kier alpha value is -3.40. The van der Waals surface area contributed by atoms with Crippen LogP contribution in [0, 0.1) is 13.8 Å². The summed E-state index contributed by atoms with van der Waals surface area (Å²) in [6, 6.07) is 22.7. The van der Waals surface area contributed by atoms with Crippen LogP contribution in [-0.2, 0) is 0 Å². The Morgan fingerprint density at radius 3 is 1.96 bits per heavy atom. The normalized spacial score (nSPS) is 10.2. The van der Waals surface area contributed by atoms with Crippen molar-refractivity contribution in [1.29, 1.82) is 0 Å². The number of aryl methyl sites for hydroxylation is 2. The number of hydrogen-bond acceptors (Lipinski definition) is 2. The van der Waals surface area contributed by atoms with E-state index in [0.29, 0.717) is 11.1 Å². The van der Waals surface area contributed by atoms with E-state index in [4.69, 9.17) is 0 Å². The summed E-state index contributed by atoms with van der Waals surface area (Å²) < 4.78 is 0. The SMILES string of the molecule is Cc1ccc(C(=O)NNC(=O)c2ccc(-c3ccccc3)cc2)c(C)c1. The van der Waals surface area contributed by atoms with Crippen molar-refractivity contribution in [2.45, 2.75) is 13.8 Å². The van der Waals surface area contributed by atoms with Crippen molar-refractivity contribution >= 4 is 11.8 Å². The highest BCUT2D eigenvalue weighted by Crippen LogP contribution is 2.19. The van der Waals surface area contributed by atoms with Gasteiger partial charge in [0.2, 0.25) is 0 Å². The van der Waals surface area contributed by atoms with Gasteiger partial charge in [-0.2, -0.15) is 0 Å². The summed E-state index contributed by atoms with van der Waals surface area (Å²) in [5, 5.41) is 0. The minimum absolute atomic E-state index is 0.336. The van der Waals surface area contributed by atoms with Gasteiger partial charge in [0.15, 0.2) is 0 Å². The maximum Gasteiger partial charge on any atom is 0.269 e. The van der Waals surface area contributed by atoms with Gasteiger partial charge in [0.05, 0.1) is 0 Å². The molecule has 3 aromatic rings. The molecule has 0 saturated carbocycles. The number of carbonyl (C=O) groups excluding carboxylic acids is 2. The van der Waals surface area contributed by atoms with Gasteiger partial charge in [0, 0.05) is 11.1 Å². The maximum atomic E-state index is 12.2. The van der Waals surface area contributed by atoms with Gasteiger partial charge >= 0.3 is 0 Å². The van der Waals surface area contributed by atoms with Gasteiger partial charge in [-0.1, -0.05) is 60.2 Å². The van der Waals surface area contributed by atoms with Crippen LogP contribution in [0.4, 0.5) is 0 Å². The number of rotatable bonds is 3. The van der Waals surface area contributed by atoms with Gasteiger partial charge in [-0.3, -0.25) is 20.4 Å². The van der Waals surface area contributed by atoms with Crippen molar-refractivity contribution in [2.24, 2.45) is 0 Å². The van der Waals surface area contributed by atoms with Crippen LogP contribution >= 0.6 is 0 Å². The molecule has 0 heterocycles. The van der Waals surface area contributed by atoms with Gasteiger partial charge in [0.1, 0.15) is 0 Å². The Labute approximate surface area is 152 Å². The van der Waals surface area contributed by atoms with Crippen molar-refractivity contribution in [3.8, 4) is 11.1 Å². The molecule has 0 unspecified atom stereocenters. The van der Waals surface area contributed by atoms with E-state index in [1.165, 1.54) is 0 Å². The molecule has 0 saturated heterocycles. The van der Waals surface area contributed by atoms with Gasteiger partial charge in [-0.15, -0.1) is 0 Å². The number of amides is 2. The first-order valence-corrected chi connectivity index (χ1v) is 8.38. The molecular weight excluding hydrogens is 324 g/mol. The first-order chi connectivity index (χ1) is 12.5. The van der Waals surface area contributed by atoms with Gasteiger partial charge in [-0.25, -0.2) is 0 Å². The van der Waals surface area contributed by atoms with Crippen LogP contribution in [-0.4, -0.2) is 11.8 Å². The highest BCUT2D eigenvalue weighted by atomic mass is 16.2. The molecule has 0 atom stereocenters. The number of benzene rings is 3. The van der Waals surface area contributed by atoms with Gasteiger partial charge in [0.25, 0.3) is 11.8 Å². The fraction of sp³-hybridized carbons (Fsp3) is 0.0909. The molecule has 2 N–H and O–H groups in total. The molecule has 0 aliphatic heterocycles. The summed E-state index contributed by atoms with van der Waals surface area (Å²) in [7, 11) is 0. The second-order valence-corrected chi connectivity index (χ2v) is 6.17. The largest absolute Gasteiger partial charge is 0.269 e. The lowest BCUT2D eigenvalue weighted by Gasteiger charge is -2.10. The topological polar surface area (TPSA) is 58.2 Å². The summed E-state index contributed by atoms with van der Waals surface area (Å²) in [4.78, 5) is 24.5. The number of hydrogen-bond donors (Lipinski definition) is 2. The zero-order chi connectivity index (χ0) is 18.5. The molecule has 0 aliphatic carbocycles. The summed E-state index contributed by atoms with van der Waals surface area (Å²) in [5.41, 5.74) is 10.0. The molecule has 4 heteroatoms. The van der Waals surface area contributed by atoms with E-state index in [1.807, 2.05) is 68.4 Å². The van der Waals surface area contributed by atoms with Gasteiger partial charge < -0.3 is 0 Å². The Morgan fingerprint density at radius 2 is 1.31 bits per heavy atom. The predicted molar refractivity (Wildman–Crippen MR) is 103 cm³/mol. The summed E-state index contributed by atoms with van der Waals surface area (Å²) in [5.74, 6) is -0.695. The number of nitrogens with one attached hydrogen (secondary N) is 2. The number of hydrazine groups is 1. The fourth-order valence-corrected chi connectivity index (χ4v) is 2.77. The quantitative estimate of drug-likeness (QED) is 0.704. The molecule has 0 radical (unpaired) electrons. The van der Waals surface area contributed by atoms with E-state index in [1.54, 1.807) is 18.2 Å². The van der Waals surface area contributed by atoms with Crippen LogP contribution in [0.15, 0.2) is 72.8 Å². The highest BCUT2D eigenvalue weighted by molar-refractivity contribution is 6.00. The van der Waals surface area contributed by atoms with E-state index in [0.717, 1.165) is 22.3 Å². The van der Waals surface area contributed by atoms with Crippen LogP contribution in [0.25, 0.3) is 11.1 Å². The third-order valence-corrected chi connectivity index (χ3v) is 4.17. The monoisotopic (exact) mass is 344 g/mol. The van der Waals surface area contributed by atoms with Crippen molar-refractivity contribution in [3.63, 3.8) is 0 Å². The lowest BCUT2D eigenvalue weighted by Crippen LogP contribution is -2.41. The minimum Gasteiger partial charge on any atom is -0.267 e. The molecule has 0 bridgehead atoms. The Bertz CT molecular complexity index is 932. The first kappa shape index (κ1) is 17.4. The minimum atomic E-state index is -0.359. The average Bonchev–Trinajstić information content (AvgIpc) is 2.66. The highest BCUT2D eigenvalue weighted by Gasteiger charge is 2.11. The third-order valence-electron chi connectivity index (χ3n) is 4.17. The molecule has 0 fully saturated rings. The molecule has 130 valence electrons. The van der Waals surface area contributed by atoms with E-state index in [2.05, 4.69) is 10.9 Å². The van der Waals surface area contributed by atoms with Crippen molar-refractivity contribution in [3.05, 3.63) is 95.1 Å². The molecule has 0 spiro atoms. The second kappa shape index (κ2) is 7.66. The van der Waals surface area contributed by atoms with Crippen molar-refractivity contribution < 1.29 is 9.59 Å². The lowest BCUT2D eigenvalue weighted by molar-refractivity contribution is 0.0846. The van der Waals surface area contributed by atoms with E-state index in [9.17, 15) is 9.59 Å². The van der Waals surface area contributed by atoms with Crippen LogP contribution in [0.2, 0.25) is 0 Å². The van der Waals surface area contributed by atoms with E-state index < -0.39 is 0 Å². The van der Waals surface area contributed by atoms with E-state index in [-0.39, 0.29) is 11.8 Å². The molecule has 4 nitrogen and oxygen atoms in total. The molecule has 26 heavy (non-hydrogen) atoms. The van der Waals surface area contributed by atoms with Gasteiger partial charge in [-0.05, 0) is 48.7 Å². The summed E-state index contributed by atoms with van der Waals surface area (Å²) in [6.45, 7) is 3.83. The molecule has 3 rings (SSSR count). The molecule has 2 amide bonds. The second-order valence-electron chi connectivity index (χ2n) is 6.17.